The number of rotatable bonds is 2. The van der Waals surface area contributed by atoms with Crippen molar-refractivity contribution in [3.63, 3.8) is 0 Å². The number of halogens is 1. The summed E-state index contributed by atoms with van der Waals surface area (Å²) in [5.41, 5.74) is 4.06. The molecule has 0 aromatic heterocycles. The van der Waals surface area contributed by atoms with Gasteiger partial charge in [0, 0.05) is 24.1 Å². The number of nitrogens with zero attached hydrogens (tertiary/aromatic N) is 1. The molecule has 2 nitrogen and oxygen atoms in total. The van der Waals surface area contributed by atoms with E-state index in [1.54, 1.807) is 12.1 Å². The summed E-state index contributed by atoms with van der Waals surface area (Å²) in [6.45, 7) is 2.91. The Bertz CT molecular complexity index is 557. The van der Waals surface area contributed by atoms with E-state index in [1.807, 2.05) is 6.07 Å². The predicted octanol–water partition coefficient (Wildman–Crippen LogP) is 3.67. The van der Waals surface area contributed by atoms with Crippen molar-refractivity contribution in [1.29, 1.82) is 0 Å². The summed E-state index contributed by atoms with van der Waals surface area (Å²) in [6.07, 6.45) is 0. The molecule has 0 spiro atoms. The fourth-order valence-corrected chi connectivity index (χ4v) is 2.91. The van der Waals surface area contributed by atoms with Gasteiger partial charge in [-0.05, 0) is 28.8 Å². The van der Waals surface area contributed by atoms with Crippen LogP contribution in [0, 0.1) is 0 Å². The lowest BCUT2D eigenvalue weighted by Gasteiger charge is -2.16. The molecule has 3 heteroatoms. The van der Waals surface area contributed by atoms with Crippen molar-refractivity contribution >= 4 is 15.9 Å². The Morgan fingerprint density at radius 1 is 1.06 bits per heavy atom. The zero-order chi connectivity index (χ0) is 12.5. The fourth-order valence-electron chi connectivity index (χ4n) is 2.42. The molecule has 1 aliphatic rings. The van der Waals surface area contributed by atoms with E-state index < -0.39 is 0 Å². The Hall–Kier alpha value is -1.32. The van der Waals surface area contributed by atoms with E-state index in [0.29, 0.717) is 5.75 Å². The number of phenolic OH excluding ortho intramolecular Hbond substituents is 1. The molecular weight excluding hydrogens is 290 g/mol. The van der Waals surface area contributed by atoms with Gasteiger partial charge in [-0.25, -0.2) is 0 Å². The first kappa shape index (κ1) is 11.8. The first-order valence-corrected chi connectivity index (χ1v) is 6.78. The molecule has 0 fully saturated rings. The van der Waals surface area contributed by atoms with Crippen LogP contribution in [0.15, 0.2) is 46.9 Å². The van der Waals surface area contributed by atoms with Gasteiger partial charge >= 0.3 is 0 Å². The highest BCUT2D eigenvalue weighted by atomic mass is 79.9. The quantitative estimate of drug-likeness (QED) is 0.915. The van der Waals surface area contributed by atoms with Crippen LogP contribution in [0.3, 0.4) is 0 Å². The Balaban J connectivity index is 1.76. The standard InChI is InChI=1S/C15H14BrNO/c16-15-7-14(18)6-5-13(15)10-17-8-11-3-1-2-4-12(11)9-17/h1-7,18H,8-10H2. The topological polar surface area (TPSA) is 23.5 Å². The average molecular weight is 304 g/mol. The van der Waals surface area contributed by atoms with Crippen LogP contribution < -0.4 is 0 Å². The second-order valence-corrected chi connectivity index (χ2v) is 5.54. The van der Waals surface area contributed by atoms with Crippen molar-refractivity contribution < 1.29 is 5.11 Å². The van der Waals surface area contributed by atoms with E-state index in [2.05, 4.69) is 45.1 Å². The molecule has 0 radical (unpaired) electrons. The van der Waals surface area contributed by atoms with Gasteiger partial charge in [0.05, 0.1) is 0 Å². The molecule has 1 heterocycles. The third-order valence-corrected chi connectivity index (χ3v) is 4.08. The molecule has 0 atom stereocenters. The molecule has 92 valence electrons. The Morgan fingerprint density at radius 2 is 1.72 bits per heavy atom. The van der Waals surface area contributed by atoms with Crippen molar-refractivity contribution in [1.82, 2.24) is 4.90 Å². The van der Waals surface area contributed by atoms with E-state index in [4.69, 9.17) is 0 Å². The van der Waals surface area contributed by atoms with Crippen molar-refractivity contribution in [3.8, 4) is 5.75 Å². The van der Waals surface area contributed by atoms with Gasteiger partial charge in [-0.15, -0.1) is 0 Å². The second-order valence-electron chi connectivity index (χ2n) is 4.69. The van der Waals surface area contributed by atoms with Crippen LogP contribution in [0.1, 0.15) is 16.7 Å². The lowest BCUT2D eigenvalue weighted by Crippen LogP contribution is -2.15. The Kier molecular flexibility index (Phi) is 3.10. The number of benzene rings is 2. The predicted molar refractivity (Wildman–Crippen MR) is 75.2 cm³/mol. The number of hydrogen-bond acceptors (Lipinski definition) is 2. The first-order valence-electron chi connectivity index (χ1n) is 5.99. The molecule has 1 aliphatic heterocycles. The molecule has 18 heavy (non-hydrogen) atoms. The van der Waals surface area contributed by atoms with Gasteiger partial charge in [-0.3, -0.25) is 4.90 Å². The summed E-state index contributed by atoms with van der Waals surface area (Å²) in [5.74, 6) is 0.301. The zero-order valence-electron chi connectivity index (χ0n) is 9.94. The summed E-state index contributed by atoms with van der Waals surface area (Å²) < 4.78 is 0.971. The Morgan fingerprint density at radius 3 is 2.33 bits per heavy atom. The second kappa shape index (κ2) is 4.75. The summed E-state index contributed by atoms with van der Waals surface area (Å²) in [7, 11) is 0. The average Bonchev–Trinajstić information content (AvgIpc) is 2.75. The summed E-state index contributed by atoms with van der Waals surface area (Å²) in [4.78, 5) is 2.40. The van der Waals surface area contributed by atoms with E-state index >= 15 is 0 Å². The molecule has 2 aromatic carbocycles. The molecule has 0 unspecified atom stereocenters. The summed E-state index contributed by atoms with van der Waals surface area (Å²) >= 11 is 3.50. The van der Waals surface area contributed by atoms with Gasteiger partial charge in [0.1, 0.15) is 5.75 Å². The number of hydrogen-bond donors (Lipinski definition) is 1. The van der Waals surface area contributed by atoms with Crippen LogP contribution >= 0.6 is 15.9 Å². The molecule has 0 saturated heterocycles. The summed E-state index contributed by atoms with van der Waals surface area (Å²) in [5, 5.41) is 9.40. The van der Waals surface area contributed by atoms with E-state index in [0.717, 1.165) is 24.1 Å². The third-order valence-electron chi connectivity index (χ3n) is 3.34. The minimum atomic E-state index is 0.301. The van der Waals surface area contributed by atoms with Gasteiger partial charge < -0.3 is 5.11 Å². The van der Waals surface area contributed by atoms with E-state index in [-0.39, 0.29) is 0 Å². The van der Waals surface area contributed by atoms with Crippen molar-refractivity contribution in [2.75, 3.05) is 0 Å². The molecule has 0 bridgehead atoms. The van der Waals surface area contributed by atoms with Gasteiger partial charge in [0.15, 0.2) is 0 Å². The van der Waals surface area contributed by atoms with Crippen LogP contribution in [0.25, 0.3) is 0 Å². The fraction of sp³-hybridized carbons (Fsp3) is 0.200. The molecule has 1 N–H and O–H groups in total. The van der Waals surface area contributed by atoms with Gasteiger partial charge in [-0.2, -0.15) is 0 Å². The molecule has 0 aliphatic carbocycles. The molecule has 3 rings (SSSR count). The van der Waals surface area contributed by atoms with Crippen molar-refractivity contribution in [2.45, 2.75) is 19.6 Å². The van der Waals surface area contributed by atoms with Crippen LogP contribution in [0.2, 0.25) is 0 Å². The first-order chi connectivity index (χ1) is 8.72. The molecule has 0 saturated carbocycles. The highest BCUT2D eigenvalue weighted by Crippen LogP contribution is 2.28. The van der Waals surface area contributed by atoms with Gasteiger partial charge in [0.2, 0.25) is 0 Å². The zero-order valence-corrected chi connectivity index (χ0v) is 11.5. The highest BCUT2D eigenvalue weighted by Gasteiger charge is 2.18. The minimum absolute atomic E-state index is 0.301. The highest BCUT2D eigenvalue weighted by molar-refractivity contribution is 9.10. The maximum Gasteiger partial charge on any atom is 0.116 e. The maximum absolute atomic E-state index is 9.40. The third kappa shape index (κ3) is 2.28. The molecular formula is C15H14BrNO. The van der Waals surface area contributed by atoms with Crippen LogP contribution in [0.5, 0.6) is 5.75 Å². The van der Waals surface area contributed by atoms with Crippen molar-refractivity contribution in [3.05, 3.63) is 63.6 Å². The largest absolute Gasteiger partial charge is 0.508 e. The molecule has 2 aromatic rings. The lowest BCUT2D eigenvalue weighted by atomic mass is 10.1. The normalized spacial score (nSPS) is 14.7. The number of phenols is 1. The summed E-state index contributed by atoms with van der Waals surface area (Å²) in [6, 6.07) is 14.0. The SMILES string of the molecule is Oc1ccc(CN2Cc3ccccc3C2)c(Br)c1. The van der Waals surface area contributed by atoms with Crippen LogP contribution in [-0.2, 0) is 19.6 Å². The van der Waals surface area contributed by atoms with E-state index in [1.165, 1.54) is 16.7 Å². The maximum atomic E-state index is 9.40. The van der Waals surface area contributed by atoms with Crippen LogP contribution in [0.4, 0.5) is 0 Å². The van der Waals surface area contributed by atoms with Crippen molar-refractivity contribution in [2.24, 2.45) is 0 Å². The molecule has 0 amide bonds. The number of aromatic hydroxyl groups is 1. The van der Waals surface area contributed by atoms with Gasteiger partial charge in [0.25, 0.3) is 0 Å². The minimum Gasteiger partial charge on any atom is -0.508 e. The Labute approximate surface area is 115 Å². The van der Waals surface area contributed by atoms with Gasteiger partial charge in [-0.1, -0.05) is 46.3 Å². The van der Waals surface area contributed by atoms with E-state index in [9.17, 15) is 5.11 Å². The van der Waals surface area contributed by atoms with Crippen LogP contribution in [-0.4, -0.2) is 10.0 Å². The smallest absolute Gasteiger partial charge is 0.116 e. The number of fused-ring (bicyclic) bond motifs is 1. The monoisotopic (exact) mass is 303 g/mol. The lowest BCUT2D eigenvalue weighted by molar-refractivity contribution is 0.275.